The molecule has 0 atom stereocenters. The van der Waals surface area contributed by atoms with Crippen LogP contribution in [0.2, 0.25) is 0 Å². The molecule has 0 spiro atoms. The van der Waals surface area contributed by atoms with Gasteiger partial charge in [-0.25, -0.2) is 0 Å². The minimum Gasteiger partial charge on any atom is -0.343 e. The summed E-state index contributed by atoms with van der Waals surface area (Å²) in [4.78, 5) is 26.3. The summed E-state index contributed by atoms with van der Waals surface area (Å²) in [6.07, 6.45) is 0.682. The fourth-order valence-corrected chi connectivity index (χ4v) is 4.26. The van der Waals surface area contributed by atoms with Crippen LogP contribution in [0.5, 0.6) is 0 Å². The molecular formula is C24H19NO2. The average molecular weight is 353 g/mol. The maximum absolute atomic E-state index is 13.2. The van der Waals surface area contributed by atoms with Crippen molar-refractivity contribution in [3.63, 3.8) is 0 Å². The normalized spacial score (nSPS) is 13.1. The number of ketones is 1. The van der Waals surface area contributed by atoms with Crippen LogP contribution in [0.15, 0.2) is 53.3 Å². The molecule has 1 heterocycles. The molecule has 0 fully saturated rings. The van der Waals surface area contributed by atoms with Crippen LogP contribution >= 0.6 is 0 Å². The van der Waals surface area contributed by atoms with Gasteiger partial charge in [-0.2, -0.15) is 0 Å². The van der Waals surface area contributed by atoms with E-state index in [4.69, 9.17) is 0 Å². The van der Waals surface area contributed by atoms with Crippen molar-refractivity contribution in [1.82, 2.24) is 4.57 Å². The van der Waals surface area contributed by atoms with Crippen molar-refractivity contribution in [3.05, 3.63) is 92.1 Å². The van der Waals surface area contributed by atoms with Gasteiger partial charge in [-0.05, 0) is 61.7 Å². The molecule has 5 rings (SSSR count). The first-order valence-corrected chi connectivity index (χ1v) is 9.14. The fraction of sp³-hybridized carbons (Fsp3) is 0.167. The number of rotatable bonds is 0. The van der Waals surface area contributed by atoms with Crippen molar-refractivity contribution >= 4 is 27.6 Å². The number of hydrogen-bond acceptors (Lipinski definition) is 2. The van der Waals surface area contributed by atoms with E-state index in [1.165, 1.54) is 0 Å². The predicted molar refractivity (Wildman–Crippen MR) is 109 cm³/mol. The van der Waals surface area contributed by atoms with Crippen LogP contribution in [0, 0.1) is 13.8 Å². The lowest BCUT2D eigenvalue weighted by atomic mass is 9.83. The third kappa shape index (κ3) is 2.21. The summed E-state index contributed by atoms with van der Waals surface area (Å²) >= 11 is 0. The topological polar surface area (TPSA) is 39.1 Å². The van der Waals surface area contributed by atoms with Gasteiger partial charge in [0.05, 0.1) is 11.0 Å². The Balaban J connectivity index is 1.86. The Hall–Kier alpha value is -3.20. The first-order valence-electron chi connectivity index (χ1n) is 9.14. The summed E-state index contributed by atoms with van der Waals surface area (Å²) in [7, 11) is 1.96. The van der Waals surface area contributed by atoms with Gasteiger partial charge in [-0.3, -0.25) is 9.59 Å². The molecule has 0 N–H and O–H groups in total. The molecule has 0 radical (unpaired) electrons. The van der Waals surface area contributed by atoms with Crippen molar-refractivity contribution < 1.29 is 4.79 Å². The molecule has 0 saturated heterocycles. The molecule has 3 aromatic carbocycles. The number of benzene rings is 3. The molecule has 27 heavy (non-hydrogen) atoms. The Bertz CT molecular complexity index is 1360. The molecule has 3 nitrogen and oxygen atoms in total. The van der Waals surface area contributed by atoms with Crippen molar-refractivity contribution in [2.24, 2.45) is 7.05 Å². The molecule has 1 aromatic heterocycles. The zero-order valence-corrected chi connectivity index (χ0v) is 15.6. The quantitative estimate of drug-likeness (QED) is 0.386. The second-order valence-corrected chi connectivity index (χ2v) is 7.60. The van der Waals surface area contributed by atoms with E-state index < -0.39 is 0 Å². The van der Waals surface area contributed by atoms with Crippen LogP contribution in [0.25, 0.3) is 21.8 Å². The van der Waals surface area contributed by atoms with Crippen molar-refractivity contribution in [3.8, 4) is 0 Å². The number of carbonyl (C=O) groups is 1. The van der Waals surface area contributed by atoms with Gasteiger partial charge in [0.25, 0.3) is 0 Å². The highest BCUT2D eigenvalue weighted by atomic mass is 16.1. The SMILES string of the molecule is Cc1ccc2c(c1)C(=O)c1cc3c(cc1C2)c(=O)c1cc(C)ccc1n3C. The Kier molecular flexibility index (Phi) is 3.20. The Labute approximate surface area is 156 Å². The van der Waals surface area contributed by atoms with E-state index in [0.29, 0.717) is 17.4 Å². The van der Waals surface area contributed by atoms with Gasteiger partial charge >= 0.3 is 0 Å². The lowest BCUT2D eigenvalue weighted by Crippen LogP contribution is -2.18. The number of nitrogens with zero attached hydrogens (tertiary/aromatic N) is 1. The predicted octanol–water partition coefficient (Wildman–Crippen LogP) is 4.44. The average Bonchev–Trinajstić information content (AvgIpc) is 2.66. The second kappa shape index (κ2) is 5.40. The summed E-state index contributed by atoms with van der Waals surface area (Å²) in [5.41, 5.74) is 7.34. The minimum absolute atomic E-state index is 0.0340. The lowest BCUT2D eigenvalue weighted by Gasteiger charge is -2.21. The lowest BCUT2D eigenvalue weighted by molar-refractivity contribution is 0.103. The van der Waals surface area contributed by atoms with E-state index in [9.17, 15) is 9.59 Å². The van der Waals surface area contributed by atoms with Crippen LogP contribution in [-0.4, -0.2) is 10.4 Å². The third-order valence-electron chi connectivity index (χ3n) is 5.72. The summed E-state index contributed by atoms with van der Waals surface area (Å²) in [6.45, 7) is 3.99. The van der Waals surface area contributed by atoms with E-state index in [2.05, 4.69) is 0 Å². The summed E-state index contributed by atoms with van der Waals surface area (Å²) in [5.74, 6) is 0.0494. The molecule has 132 valence electrons. The zero-order valence-electron chi connectivity index (χ0n) is 15.6. The highest BCUT2D eigenvalue weighted by molar-refractivity contribution is 6.14. The van der Waals surface area contributed by atoms with E-state index in [-0.39, 0.29) is 11.2 Å². The molecule has 0 saturated carbocycles. The van der Waals surface area contributed by atoms with Gasteiger partial charge in [0.2, 0.25) is 0 Å². The molecule has 0 bridgehead atoms. The first-order chi connectivity index (χ1) is 12.9. The number of pyridine rings is 1. The van der Waals surface area contributed by atoms with Crippen LogP contribution < -0.4 is 5.43 Å². The molecule has 0 amide bonds. The number of carbonyl (C=O) groups excluding carboxylic acids is 1. The molecule has 1 aliphatic rings. The number of hydrogen-bond donors (Lipinski definition) is 0. The van der Waals surface area contributed by atoms with Gasteiger partial charge in [-0.1, -0.05) is 29.3 Å². The maximum atomic E-state index is 13.2. The molecule has 0 aliphatic heterocycles. The highest BCUT2D eigenvalue weighted by Crippen LogP contribution is 2.31. The number of fused-ring (bicyclic) bond motifs is 4. The Morgan fingerprint density at radius 3 is 2.22 bits per heavy atom. The van der Waals surface area contributed by atoms with Gasteiger partial charge in [0.15, 0.2) is 11.2 Å². The van der Waals surface area contributed by atoms with Gasteiger partial charge in [0, 0.05) is 28.9 Å². The molecule has 0 unspecified atom stereocenters. The number of aryl methyl sites for hydroxylation is 3. The van der Waals surface area contributed by atoms with Crippen molar-refractivity contribution in [2.45, 2.75) is 20.3 Å². The monoisotopic (exact) mass is 353 g/mol. The van der Waals surface area contributed by atoms with Gasteiger partial charge in [-0.15, -0.1) is 0 Å². The van der Waals surface area contributed by atoms with E-state index >= 15 is 0 Å². The largest absolute Gasteiger partial charge is 0.343 e. The zero-order chi connectivity index (χ0) is 18.9. The van der Waals surface area contributed by atoms with Crippen LogP contribution in [0.4, 0.5) is 0 Å². The fourth-order valence-electron chi connectivity index (χ4n) is 4.26. The summed E-state index contributed by atoms with van der Waals surface area (Å²) in [5, 5.41) is 1.40. The summed E-state index contributed by atoms with van der Waals surface area (Å²) < 4.78 is 2.02. The van der Waals surface area contributed by atoms with E-state index in [0.717, 1.165) is 44.2 Å². The Morgan fingerprint density at radius 1 is 0.741 bits per heavy atom. The third-order valence-corrected chi connectivity index (χ3v) is 5.72. The number of aromatic nitrogens is 1. The molecule has 4 aromatic rings. The summed E-state index contributed by atoms with van der Waals surface area (Å²) in [6, 6.07) is 15.8. The van der Waals surface area contributed by atoms with Crippen LogP contribution in [0.1, 0.15) is 38.2 Å². The Morgan fingerprint density at radius 2 is 1.41 bits per heavy atom. The smallest absolute Gasteiger partial charge is 0.197 e. The van der Waals surface area contributed by atoms with Crippen molar-refractivity contribution in [2.75, 3.05) is 0 Å². The van der Waals surface area contributed by atoms with Crippen LogP contribution in [0.3, 0.4) is 0 Å². The molecule has 3 heteroatoms. The first kappa shape index (κ1) is 16.0. The second-order valence-electron chi connectivity index (χ2n) is 7.60. The van der Waals surface area contributed by atoms with Gasteiger partial charge < -0.3 is 4.57 Å². The molecular weight excluding hydrogens is 334 g/mol. The van der Waals surface area contributed by atoms with Gasteiger partial charge in [0.1, 0.15) is 0 Å². The minimum atomic E-state index is 0.0340. The van der Waals surface area contributed by atoms with Crippen LogP contribution in [-0.2, 0) is 13.5 Å². The highest BCUT2D eigenvalue weighted by Gasteiger charge is 2.25. The maximum Gasteiger partial charge on any atom is 0.197 e. The van der Waals surface area contributed by atoms with E-state index in [1.807, 2.05) is 74.0 Å². The van der Waals surface area contributed by atoms with E-state index in [1.54, 1.807) is 0 Å². The van der Waals surface area contributed by atoms with Crippen molar-refractivity contribution in [1.29, 1.82) is 0 Å². The standard InChI is InChI=1S/C24H19NO2/c1-13-4-6-15-10-16-11-20-22(12-18(16)23(26)17(15)8-13)25(3)21-7-5-14(2)9-19(21)24(20)27/h4-9,11-12H,10H2,1-3H3. The molecule has 1 aliphatic carbocycles.